The van der Waals surface area contributed by atoms with Gasteiger partial charge < -0.3 is 0 Å². The van der Waals surface area contributed by atoms with Gasteiger partial charge in [0.05, 0.1) is 11.2 Å². The van der Waals surface area contributed by atoms with Gasteiger partial charge in [-0.15, -0.1) is 0 Å². The van der Waals surface area contributed by atoms with Gasteiger partial charge in [0.15, 0.2) is 17.5 Å². The molecule has 11 aromatic rings. The molecular formula is C50H30N4. The van der Waals surface area contributed by atoms with Crippen molar-refractivity contribution < 1.29 is 0 Å². The molecule has 54 heavy (non-hydrogen) atoms. The average molecular weight is 687 g/mol. The summed E-state index contributed by atoms with van der Waals surface area (Å²) in [4.78, 5) is 20.8. The van der Waals surface area contributed by atoms with Crippen molar-refractivity contribution in [1.82, 2.24) is 19.9 Å². The second kappa shape index (κ2) is 12.1. The van der Waals surface area contributed by atoms with E-state index in [0.717, 1.165) is 65.8 Å². The minimum atomic E-state index is 0.621. The molecule has 0 spiro atoms. The first kappa shape index (κ1) is 30.3. The van der Waals surface area contributed by atoms with Crippen molar-refractivity contribution in [2.24, 2.45) is 0 Å². The molecule has 2 aromatic heterocycles. The summed E-state index contributed by atoms with van der Waals surface area (Å²) in [6.45, 7) is 0. The highest BCUT2D eigenvalue weighted by Crippen LogP contribution is 2.43. The summed E-state index contributed by atoms with van der Waals surface area (Å²) in [5.74, 6) is 1.91. The van der Waals surface area contributed by atoms with Crippen LogP contribution in [0, 0.1) is 0 Å². The van der Waals surface area contributed by atoms with E-state index >= 15 is 0 Å². The van der Waals surface area contributed by atoms with E-state index in [4.69, 9.17) is 19.9 Å². The fourth-order valence-corrected chi connectivity index (χ4v) is 8.20. The van der Waals surface area contributed by atoms with Crippen molar-refractivity contribution in [1.29, 1.82) is 0 Å². The van der Waals surface area contributed by atoms with E-state index in [0.29, 0.717) is 17.5 Å². The van der Waals surface area contributed by atoms with Crippen LogP contribution in [-0.4, -0.2) is 19.9 Å². The monoisotopic (exact) mass is 686 g/mol. The first-order valence-electron chi connectivity index (χ1n) is 18.2. The molecule has 0 atom stereocenters. The van der Waals surface area contributed by atoms with Gasteiger partial charge in [0.1, 0.15) is 0 Å². The van der Waals surface area contributed by atoms with Gasteiger partial charge in [0, 0.05) is 38.4 Å². The molecular weight excluding hydrogens is 657 g/mol. The largest absolute Gasteiger partial charge is 0.247 e. The highest BCUT2D eigenvalue weighted by molar-refractivity contribution is 6.33. The minimum absolute atomic E-state index is 0.621. The Hall–Kier alpha value is -7.30. The Morgan fingerprint density at radius 2 is 0.685 bits per heavy atom. The topological polar surface area (TPSA) is 51.6 Å². The van der Waals surface area contributed by atoms with E-state index in [9.17, 15) is 0 Å². The quantitative estimate of drug-likeness (QED) is 0.173. The molecule has 0 aliphatic carbocycles. The Bertz CT molecular complexity index is 3170. The lowest BCUT2D eigenvalue weighted by Gasteiger charge is -2.16. The smallest absolute Gasteiger partial charge is 0.164 e. The maximum absolute atomic E-state index is 5.36. The molecule has 4 nitrogen and oxygen atoms in total. The van der Waals surface area contributed by atoms with Crippen molar-refractivity contribution in [2.45, 2.75) is 0 Å². The van der Waals surface area contributed by atoms with E-state index in [1.807, 2.05) is 0 Å². The Labute approximate surface area is 311 Å². The number of benzene rings is 9. The third-order valence-electron chi connectivity index (χ3n) is 10.7. The van der Waals surface area contributed by atoms with Crippen molar-refractivity contribution >= 4 is 64.8 Å². The van der Waals surface area contributed by atoms with Crippen LogP contribution in [0.5, 0.6) is 0 Å². The number of hydrogen-bond donors (Lipinski definition) is 0. The summed E-state index contributed by atoms with van der Waals surface area (Å²) in [6.07, 6.45) is 0. The van der Waals surface area contributed by atoms with Crippen LogP contribution in [0.3, 0.4) is 0 Å². The summed E-state index contributed by atoms with van der Waals surface area (Å²) in [5, 5.41) is 12.9. The van der Waals surface area contributed by atoms with Gasteiger partial charge in [-0.2, -0.15) is 0 Å². The lowest BCUT2D eigenvalue weighted by Crippen LogP contribution is -2.01. The normalized spacial score (nSPS) is 11.7. The highest BCUT2D eigenvalue weighted by atomic mass is 15.0. The van der Waals surface area contributed by atoms with Crippen LogP contribution in [0.1, 0.15) is 0 Å². The van der Waals surface area contributed by atoms with Gasteiger partial charge in [-0.3, -0.25) is 0 Å². The van der Waals surface area contributed by atoms with Crippen molar-refractivity contribution in [3.63, 3.8) is 0 Å². The predicted octanol–water partition coefficient (Wildman–Crippen LogP) is 12.9. The molecule has 0 aliphatic heterocycles. The summed E-state index contributed by atoms with van der Waals surface area (Å²) >= 11 is 0. The van der Waals surface area contributed by atoms with Crippen LogP contribution in [0.4, 0.5) is 0 Å². The minimum Gasteiger partial charge on any atom is -0.247 e. The number of aromatic nitrogens is 4. The van der Waals surface area contributed by atoms with Gasteiger partial charge in [-0.25, -0.2) is 19.9 Å². The highest BCUT2D eigenvalue weighted by Gasteiger charge is 2.19. The first-order chi connectivity index (χ1) is 26.8. The Morgan fingerprint density at radius 3 is 1.28 bits per heavy atom. The molecule has 0 bridgehead atoms. The number of hydrogen-bond acceptors (Lipinski definition) is 4. The molecule has 9 aromatic carbocycles. The van der Waals surface area contributed by atoms with Gasteiger partial charge in [0.2, 0.25) is 0 Å². The molecule has 0 amide bonds. The summed E-state index contributed by atoms with van der Waals surface area (Å²) in [6, 6.07) is 63.9. The molecule has 11 rings (SSSR count). The fraction of sp³-hybridized carbons (Fsp3) is 0. The summed E-state index contributed by atoms with van der Waals surface area (Å²) < 4.78 is 0. The molecule has 0 saturated carbocycles. The maximum atomic E-state index is 5.36. The SMILES string of the molecule is c1ccc2c(-c3nc(-c4ccc(-c5nc6ccccc6c6c7ccccc7c7ccccc7c56)cc4)nc(-c4cccc5ccccc45)n3)cccc2c1. The van der Waals surface area contributed by atoms with Crippen molar-refractivity contribution in [2.75, 3.05) is 0 Å². The molecule has 0 unspecified atom stereocenters. The number of para-hydroxylation sites is 1. The number of fused-ring (bicyclic) bond motifs is 10. The molecule has 0 saturated heterocycles. The van der Waals surface area contributed by atoms with Crippen LogP contribution in [0.15, 0.2) is 182 Å². The van der Waals surface area contributed by atoms with E-state index in [1.165, 1.54) is 26.9 Å². The third kappa shape index (κ3) is 4.78. The van der Waals surface area contributed by atoms with Crippen molar-refractivity contribution in [3.8, 4) is 45.4 Å². The second-order valence-electron chi connectivity index (χ2n) is 13.8. The van der Waals surface area contributed by atoms with Crippen LogP contribution >= 0.6 is 0 Å². The van der Waals surface area contributed by atoms with E-state index in [2.05, 4.69) is 182 Å². The molecule has 4 heteroatoms. The van der Waals surface area contributed by atoms with Crippen molar-refractivity contribution in [3.05, 3.63) is 182 Å². The molecule has 2 heterocycles. The van der Waals surface area contributed by atoms with Gasteiger partial charge in [-0.05, 0) is 49.2 Å². The maximum Gasteiger partial charge on any atom is 0.164 e. The second-order valence-corrected chi connectivity index (χ2v) is 13.8. The van der Waals surface area contributed by atoms with Crippen LogP contribution < -0.4 is 0 Å². The molecule has 0 radical (unpaired) electrons. The molecule has 0 aliphatic rings. The van der Waals surface area contributed by atoms with Gasteiger partial charge in [0.25, 0.3) is 0 Å². The van der Waals surface area contributed by atoms with E-state index < -0.39 is 0 Å². The standard InChI is InChI=1S/C50H30N4/c1-3-17-35-31(13-1)15-11-24-41(35)49-52-48(53-50(54-49)42-25-12-16-32-14-2-4-18-36(32)42)34-29-27-33(28-30-34)47-46-40-22-8-6-20-38(40)37-19-5-7-21-39(37)45(46)43-23-9-10-26-44(43)51-47/h1-30H. The number of nitrogens with zero attached hydrogens (tertiary/aromatic N) is 4. The molecule has 0 N–H and O–H groups in total. The lowest BCUT2D eigenvalue weighted by molar-refractivity contribution is 1.08. The Kier molecular flexibility index (Phi) is 6.82. The summed E-state index contributed by atoms with van der Waals surface area (Å²) in [5.41, 5.74) is 5.82. The Balaban J connectivity index is 1.14. The molecule has 250 valence electrons. The van der Waals surface area contributed by atoms with Crippen LogP contribution in [0.2, 0.25) is 0 Å². The predicted molar refractivity (Wildman–Crippen MR) is 224 cm³/mol. The number of rotatable bonds is 4. The zero-order chi connectivity index (χ0) is 35.6. The first-order valence-corrected chi connectivity index (χ1v) is 18.2. The average Bonchev–Trinajstić information content (AvgIpc) is 3.25. The van der Waals surface area contributed by atoms with Crippen LogP contribution in [0.25, 0.3) is 110 Å². The summed E-state index contributed by atoms with van der Waals surface area (Å²) in [7, 11) is 0. The number of pyridine rings is 1. The zero-order valence-corrected chi connectivity index (χ0v) is 29.1. The van der Waals surface area contributed by atoms with Gasteiger partial charge in [-0.1, -0.05) is 176 Å². The third-order valence-corrected chi connectivity index (χ3v) is 10.7. The van der Waals surface area contributed by atoms with E-state index in [1.54, 1.807) is 0 Å². The zero-order valence-electron chi connectivity index (χ0n) is 29.1. The van der Waals surface area contributed by atoms with Gasteiger partial charge >= 0.3 is 0 Å². The van der Waals surface area contributed by atoms with E-state index in [-0.39, 0.29) is 0 Å². The fourth-order valence-electron chi connectivity index (χ4n) is 8.20. The van der Waals surface area contributed by atoms with Crippen LogP contribution in [-0.2, 0) is 0 Å². The lowest BCUT2D eigenvalue weighted by atomic mass is 9.90. The molecule has 0 fully saturated rings. The Morgan fingerprint density at radius 1 is 0.259 bits per heavy atom.